The van der Waals surface area contributed by atoms with Crippen LogP contribution >= 0.6 is 0 Å². The predicted octanol–water partition coefficient (Wildman–Crippen LogP) is 2.30. The molecule has 7 heteroatoms. The molecule has 0 aromatic heterocycles. The summed E-state index contributed by atoms with van der Waals surface area (Å²) < 4.78 is 15.5. The summed E-state index contributed by atoms with van der Waals surface area (Å²) in [7, 11) is 0. The highest BCUT2D eigenvalue weighted by Crippen LogP contribution is 2.34. The molecule has 1 atom stereocenters. The van der Waals surface area contributed by atoms with Crippen molar-refractivity contribution in [1.82, 2.24) is 0 Å². The highest BCUT2D eigenvalue weighted by atomic mass is 16.7. The maximum Gasteiger partial charge on any atom is 0.338 e. The fourth-order valence-electron chi connectivity index (χ4n) is 2.10. The van der Waals surface area contributed by atoms with Crippen LogP contribution in [0.15, 0.2) is 42.5 Å². The Morgan fingerprint density at radius 1 is 1.12 bits per heavy atom. The molecule has 0 spiro atoms. The summed E-state index contributed by atoms with van der Waals surface area (Å²) >= 11 is 0. The van der Waals surface area contributed by atoms with Gasteiger partial charge < -0.3 is 24.6 Å². The van der Waals surface area contributed by atoms with Crippen LogP contribution in [0, 0.1) is 0 Å². The molecule has 2 aromatic rings. The Hall–Kier alpha value is -3.22. The first-order valence-electron chi connectivity index (χ1n) is 7.23. The lowest BCUT2D eigenvalue weighted by Crippen LogP contribution is -2.29. The van der Waals surface area contributed by atoms with Crippen molar-refractivity contribution < 1.29 is 28.9 Å². The number of fused-ring (bicyclic) bond motifs is 1. The smallest absolute Gasteiger partial charge is 0.338 e. The second kappa shape index (κ2) is 6.49. The molecule has 0 fully saturated rings. The van der Waals surface area contributed by atoms with Gasteiger partial charge in [0, 0.05) is 11.8 Å². The normalized spacial score (nSPS) is 13.2. The van der Waals surface area contributed by atoms with Gasteiger partial charge >= 0.3 is 5.97 Å². The molecule has 1 aliphatic rings. The Kier molecular flexibility index (Phi) is 4.24. The molecule has 24 heavy (non-hydrogen) atoms. The summed E-state index contributed by atoms with van der Waals surface area (Å²) in [6.07, 6.45) is -0.989. The van der Waals surface area contributed by atoms with E-state index in [-0.39, 0.29) is 18.1 Å². The maximum atomic E-state index is 12.1. The van der Waals surface area contributed by atoms with Gasteiger partial charge in [-0.25, -0.2) is 4.79 Å². The Balaban J connectivity index is 1.60. The number of benzene rings is 2. The lowest BCUT2D eigenvalue weighted by atomic mass is 10.2. The zero-order valence-electron chi connectivity index (χ0n) is 12.8. The molecule has 0 radical (unpaired) electrons. The van der Waals surface area contributed by atoms with Crippen molar-refractivity contribution in [2.75, 3.05) is 12.1 Å². The lowest BCUT2D eigenvalue weighted by molar-refractivity contribution is -0.123. The summed E-state index contributed by atoms with van der Waals surface area (Å²) in [6.45, 7) is 1.62. The number of phenolic OH excluding ortho intramolecular Hbond substituents is 1. The van der Waals surface area contributed by atoms with Gasteiger partial charge in [-0.1, -0.05) is 0 Å². The minimum Gasteiger partial charge on any atom is -0.508 e. The highest BCUT2D eigenvalue weighted by Gasteiger charge is 2.20. The van der Waals surface area contributed by atoms with E-state index in [1.54, 1.807) is 18.2 Å². The van der Waals surface area contributed by atoms with Crippen LogP contribution in [0.5, 0.6) is 17.2 Å². The van der Waals surface area contributed by atoms with Crippen molar-refractivity contribution in [3.63, 3.8) is 0 Å². The number of aromatic hydroxyl groups is 1. The third-order valence-corrected chi connectivity index (χ3v) is 3.40. The minimum absolute atomic E-state index is 0.0418. The third-order valence-electron chi connectivity index (χ3n) is 3.40. The van der Waals surface area contributed by atoms with E-state index < -0.39 is 18.0 Å². The van der Waals surface area contributed by atoms with Gasteiger partial charge in [0.25, 0.3) is 5.91 Å². The van der Waals surface area contributed by atoms with E-state index in [2.05, 4.69) is 5.32 Å². The van der Waals surface area contributed by atoms with Gasteiger partial charge in [-0.2, -0.15) is 0 Å². The number of carbonyl (C=O) groups excluding carboxylic acids is 2. The van der Waals surface area contributed by atoms with E-state index >= 15 is 0 Å². The highest BCUT2D eigenvalue weighted by molar-refractivity contribution is 5.97. The van der Waals surface area contributed by atoms with Crippen molar-refractivity contribution in [2.45, 2.75) is 13.0 Å². The molecule has 2 aromatic carbocycles. The number of esters is 1. The number of phenols is 1. The van der Waals surface area contributed by atoms with E-state index in [0.29, 0.717) is 17.2 Å². The second-order valence-corrected chi connectivity index (χ2v) is 5.15. The molecule has 1 aliphatic heterocycles. The van der Waals surface area contributed by atoms with E-state index in [4.69, 9.17) is 14.2 Å². The Morgan fingerprint density at radius 3 is 2.58 bits per heavy atom. The summed E-state index contributed by atoms with van der Waals surface area (Å²) in [4.78, 5) is 24.1. The third kappa shape index (κ3) is 3.40. The van der Waals surface area contributed by atoms with Crippen LogP contribution < -0.4 is 14.8 Å². The number of ether oxygens (including phenoxy) is 3. The first-order chi connectivity index (χ1) is 11.5. The second-order valence-electron chi connectivity index (χ2n) is 5.15. The summed E-state index contributed by atoms with van der Waals surface area (Å²) in [5, 5.41) is 11.8. The number of carbonyl (C=O) groups is 2. The number of amides is 1. The average molecular weight is 329 g/mol. The van der Waals surface area contributed by atoms with Crippen LogP contribution in [0.3, 0.4) is 0 Å². The predicted molar refractivity (Wildman–Crippen MR) is 84.2 cm³/mol. The zero-order chi connectivity index (χ0) is 17.1. The van der Waals surface area contributed by atoms with Gasteiger partial charge in [-0.05, 0) is 43.3 Å². The van der Waals surface area contributed by atoms with Crippen LogP contribution in [0.25, 0.3) is 0 Å². The summed E-state index contributed by atoms with van der Waals surface area (Å²) in [6, 6.07) is 10.6. The zero-order valence-corrected chi connectivity index (χ0v) is 12.8. The van der Waals surface area contributed by atoms with Gasteiger partial charge in [0.2, 0.25) is 6.79 Å². The maximum absolute atomic E-state index is 12.1. The van der Waals surface area contributed by atoms with Crippen molar-refractivity contribution in [3.8, 4) is 17.2 Å². The van der Waals surface area contributed by atoms with Gasteiger partial charge in [-0.15, -0.1) is 0 Å². The molecule has 2 N–H and O–H groups in total. The van der Waals surface area contributed by atoms with E-state index in [1.807, 2.05) is 0 Å². The van der Waals surface area contributed by atoms with Gasteiger partial charge in [-0.3, -0.25) is 4.79 Å². The molecule has 0 saturated heterocycles. The Bertz CT molecular complexity index is 771. The number of hydrogen-bond donors (Lipinski definition) is 2. The molecular formula is C17H15NO6. The number of rotatable bonds is 4. The van der Waals surface area contributed by atoms with Crippen LogP contribution in [0.2, 0.25) is 0 Å². The number of hydrogen-bond acceptors (Lipinski definition) is 6. The minimum atomic E-state index is -0.989. The van der Waals surface area contributed by atoms with Crippen molar-refractivity contribution in [1.29, 1.82) is 0 Å². The Labute approximate surface area is 137 Å². The molecule has 0 unspecified atom stereocenters. The van der Waals surface area contributed by atoms with Crippen molar-refractivity contribution in [3.05, 3.63) is 48.0 Å². The van der Waals surface area contributed by atoms with E-state index in [1.165, 1.54) is 31.2 Å². The molecule has 1 heterocycles. The summed E-state index contributed by atoms with van der Waals surface area (Å²) in [5.74, 6) is 0.0748. The van der Waals surface area contributed by atoms with Crippen LogP contribution in [0.1, 0.15) is 17.3 Å². The SMILES string of the molecule is C[C@@H](OC(=O)c1ccc(O)cc1)C(=O)Nc1ccc2c(c1)OCO2. The topological polar surface area (TPSA) is 94.1 Å². The van der Waals surface area contributed by atoms with Gasteiger partial charge in [0.05, 0.1) is 5.56 Å². The van der Waals surface area contributed by atoms with Crippen LogP contribution in [0.4, 0.5) is 5.69 Å². The first kappa shape index (κ1) is 15.7. The quantitative estimate of drug-likeness (QED) is 0.836. The molecule has 7 nitrogen and oxygen atoms in total. The van der Waals surface area contributed by atoms with E-state index in [0.717, 1.165) is 0 Å². The van der Waals surface area contributed by atoms with Crippen molar-refractivity contribution >= 4 is 17.6 Å². The first-order valence-corrected chi connectivity index (χ1v) is 7.23. The largest absolute Gasteiger partial charge is 0.508 e. The van der Waals surface area contributed by atoms with Gasteiger partial charge in [0.1, 0.15) is 5.75 Å². The average Bonchev–Trinajstić information content (AvgIpc) is 3.03. The molecular weight excluding hydrogens is 314 g/mol. The lowest BCUT2D eigenvalue weighted by Gasteiger charge is -2.14. The van der Waals surface area contributed by atoms with Crippen molar-refractivity contribution in [2.24, 2.45) is 0 Å². The monoisotopic (exact) mass is 329 g/mol. The molecule has 0 aliphatic carbocycles. The number of nitrogens with one attached hydrogen (secondary N) is 1. The standard InChI is InChI=1S/C17H15NO6/c1-10(24-17(21)11-2-5-13(19)6-3-11)16(20)18-12-4-7-14-15(8-12)23-9-22-14/h2-8,10,19H,9H2,1H3,(H,18,20)/t10-/m1/s1. The van der Waals surface area contributed by atoms with E-state index in [9.17, 15) is 14.7 Å². The molecule has 124 valence electrons. The van der Waals surface area contributed by atoms with Crippen LogP contribution in [-0.4, -0.2) is 29.9 Å². The molecule has 1 amide bonds. The fourth-order valence-corrected chi connectivity index (χ4v) is 2.10. The van der Waals surface area contributed by atoms with Crippen LogP contribution in [-0.2, 0) is 9.53 Å². The number of anilines is 1. The van der Waals surface area contributed by atoms with Gasteiger partial charge in [0.15, 0.2) is 17.6 Å². The molecule has 3 rings (SSSR count). The Morgan fingerprint density at radius 2 is 1.83 bits per heavy atom. The molecule has 0 saturated carbocycles. The summed E-state index contributed by atoms with van der Waals surface area (Å²) in [5.41, 5.74) is 0.757. The molecule has 0 bridgehead atoms. The fraction of sp³-hybridized carbons (Fsp3) is 0.176.